The maximum Gasteiger partial charge on any atom is 0.237 e. The van der Waals surface area contributed by atoms with Crippen LogP contribution in [0.15, 0.2) is 0 Å². The Kier molecular flexibility index (Phi) is 4.78. The van der Waals surface area contributed by atoms with Gasteiger partial charge in [0.2, 0.25) is 5.91 Å². The molecule has 0 bridgehead atoms. The van der Waals surface area contributed by atoms with Crippen LogP contribution >= 0.6 is 0 Å². The Morgan fingerprint density at radius 1 is 1.53 bits per heavy atom. The van der Waals surface area contributed by atoms with Crippen LogP contribution in [0.5, 0.6) is 0 Å². The Bertz CT molecular complexity index is 366. The van der Waals surface area contributed by atoms with Crippen molar-refractivity contribution in [3.05, 3.63) is 0 Å². The molecule has 0 aromatic rings. The molecule has 4 unspecified atom stereocenters. The highest BCUT2D eigenvalue weighted by molar-refractivity contribution is 5.80. The lowest BCUT2D eigenvalue weighted by molar-refractivity contribution is -0.133. The molecular weight excluding hydrogens is 242 g/mol. The second-order valence-corrected chi connectivity index (χ2v) is 5.62. The number of nitrogens with two attached hydrogens (primary N) is 1. The summed E-state index contributed by atoms with van der Waals surface area (Å²) in [4.78, 5) is 13.7. The van der Waals surface area contributed by atoms with Crippen molar-refractivity contribution >= 4 is 5.91 Å². The molecule has 1 aliphatic carbocycles. The minimum Gasteiger partial charge on any atom is -0.378 e. The van der Waals surface area contributed by atoms with E-state index in [4.69, 9.17) is 10.5 Å². The van der Waals surface area contributed by atoms with Crippen LogP contribution < -0.4 is 5.73 Å². The van der Waals surface area contributed by atoms with E-state index >= 15 is 0 Å². The van der Waals surface area contributed by atoms with Gasteiger partial charge in [-0.15, -0.1) is 0 Å². The third-order valence-electron chi connectivity index (χ3n) is 4.59. The summed E-state index contributed by atoms with van der Waals surface area (Å²) in [6, 6.07) is 2.21. The molecule has 2 N–H and O–H groups in total. The maximum atomic E-state index is 11.6. The van der Waals surface area contributed by atoms with Crippen molar-refractivity contribution in [1.82, 2.24) is 4.90 Å². The number of amides is 1. The molecule has 2 aliphatic rings. The van der Waals surface area contributed by atoms with Gasteiger partial charge in [0.25, 0.3) is 0 Å². The van der Waals surface area contributed by atoms with Gasteiger partial charge in [-0.05, 0) is 25.2 Å². The summed E-state index contributed by atoms with van der Waals surface area (Å²) in [6.07, 6.45) is 4.19. The molecule has 1 saturated heterocycles. The van der Waals surface area contributed by atoms with Crippen LogP contribution in [-0.2, 0) is 9.53 Å². The minimum atomic E-state index is -0.370. The van der Waals surface area contributed by atoms with E-state index in [0.29, 0.717) is 25.7 Å². The number of primary amides is 1. The van der Waals surface area contributed by atoms with Crippen LogP contribution in [0.2, 0.25) is 0 Å². The van der Waals surface area contributed by atoms with Crippen LogP contribution in [-0.4, -0.2) is 42.6 Å². The van der Waals surface area contributed by atoms with Gasteiger partial charge in [-0.3, -0.25) is 9.69 Å². The third-order valence-corrected chi connectivity index (χ3v) is 4.59. The maximum absolute atomic E-state index is 11.6. The second-order valence-electron chi connectivity index (χ2n) is 5.62. The molecular formula is C14H23N3O2. The minimum absolute atomic E-state index is 0.0164. The number of hydrogen-bond acceptors (Lipinski definition) is 4. The van der Waals surface area contributed by atoms with Crippen molar-refractivity contribution in [1.29, 1.82) is 5.26 Å². The molecule has 1 amide bonds. The lowest BCUT2D eigenvalue weighted by atomic mass is 9.76. The first-order valence-electron chi connectivity index (χ1n) is 7.19. The van der Waals surface area contributed by atoms with E-state index in [1.807, 2.05) is 0 Å². The average Bonchev–Trinajstić information content (AvgIpc) is 2.46. The van der Waals surface area contributed by atoms with Gasteiger partial charge in [0, 0.05) is 12.6 Å². The molecule has 1 aliphatic heterocycles. The van der Waals surface area contributed by atoms with Gasteiger partial charge in [0.1, 0.15) is 6.04 Å². The van der Waals surface area contributed by atoms with Crippen molar-refractivity contribution in [2.24, 2.45) is 17.6 Å². The van der Waals surface area contributed by atoms with E-state index in [-0.39, 0.29) is 23.9 Å². The van der Waals surface area contributed by atoms with Crippen molar-refractivity contribution in [2.75, 3.05) is 19.8 Å². The van der Waals surface area contributed by atoms with E-state index < -0.39 is 0 Å². The Labute approximate surface area is 114 Å². The van der Waals surface area contributed by atoms with Crippen LogP contribution in [0.3, 0.4) is 0 Å². The topological polar surface area (TPSA) is 79.3 Å². The monoisotopic (exact) mass is 265 g/mol. The summed E-state index contributed by atoms with van der Waals surface area (Å²) in [5.74, 6) is 0.337. The first kappa shape index (κ1) is 14.3. The normalized spacial score (nSPS) is 36.6. The van der Waals surface area contributed by atoms with Crippen molar-refractivity contribution in [3.8, 4) is 6.07 Å². The Hall–Kier alpha value is -1.12. The molecule has 5 heteroatoms. The van der Waals surface area contributed by atoms with Crippen LogP contribution in [0.1, 0.15) is 32.6 Å². The van der Waals surface area contributed by atoms with Crippen molar-refractivity contribution in [2.45, 2.75) is 44.7 Å². The first-order valence-corrected chi connectivity index (χ1v) is 7.19. The number of carbonyl (C=O) groups is 1. The lowest BCUT2D eigenvalue weighted by Gasteiger charge is -2.44. The van der Waals surface area contributed by atoms with Crippen LogP contribution in [0.4, 0.5) is 0 Å². The van der Waals surface area contributed by atoms with Crippen LogP contribution in [0.25, 0.3) is 0 Å². The van der Waals surface area contributed by atoms with Gasteiger partial charge in [-0.1, -0.05) is 13.3 Å². The molecule has 5 nitrogen and oxygen atoms in total. The van der Waals surface area contributed by atoms with E-state index in [1.165, 1.54) is 0 Å². The zero-order valence-corrected chi connectivity index (χ0v) is 11.5. The van der Waals surface area contributed by atoms with E-state index in [2.05, 4.69) is 17.9 Å². The van der Waals surface area contributed by atoms with Crippen LogP contribution in [0, 0.1) is 23.2 Å². The highest BCUT2D eigenvalue weighted by atomic mass is 16.5. The molecule has 106 valence electrons. The lowest BCUT2D eigenvalue weighted by Crippen LogP contribution is -2.58. The highest BCUT2D eigenvalue weighted by Crippen LogP contribution is 2.35. The SMILES string of the molecule is CCC1CCC(C#N)C(N2CCOCC2C(N)=O)C1. The van der Waals surface area contributed by atoms with Gasteiger partial charge in [-0.2, -0.15) is 5.26 Å². The molecule has 0 radical (unpaired) electrons. The second kappa shape index (κ2) is 6.36. The molecule has 1 heterocycles. The summed E-state index contributed by atoms with van der Waals surface area (Å²) in [5, 5.41) is 9.35. The average molecular weight is 265 g/mol. The van der Waals surface area contributed by atoms with Crippen molar-refractivity contribution in [3.63, 3.8) is 0 Å². The molecule has 19 heavy (non-hydrogen) atoms. The van der Waals surface area contributed by atoms with E-state index in [1.54, 1.807) is 0 Å². The predicted octanol–water partition coefficient (Wildman–Crippen LogP) is 0.891. The zero-order valence-electron chi connectivity index (χ0n) is 11.5. The Morgan fingerprint density at radius 3 is 2.95 bits per heavy atom. The first-order chi connectivity index (χ1) is 9.17. The summed E-state index contributed by atoms with van der Waals surface area (Å²) in [5.41, 5.74) is 5.47. The van der Waals surface area contributed by atoms with Gasteiger partial charge in [0.05, 0.1) is 25.2 Å². The number of morpholine rings is 1. The van der Waals surface area contributed by atoms with Gasteiger partial charge >= 0.3 is 0 Å². The molecule has 0 aromatic carbocycles. The molecule has 1 saturated carbocycles. The Morgan fingerprint density at radius 2 is 2.32 bits per heavy atom. The summed E-state index contributed by atoms with van der Waals surface area (Å²) in [7, 11) is 0. The van der Waals surface area contributed by atoms with Crippen molar-refractivity contribution < 1.29 is 9.53 Å². The number of hydrogen-bond donors (Lipinski definition) is 1. The summed E-state index contributed by atoms with van der Waals surface area (Å²) in [6.45, 7) is 3.88. The molecule has 4 atom stereocenters. The fourth-order valence-corrected chi connectivity index (χ4v) is 3.38. The van der Waals surface area contributed by atoms with Gasteiger partial charge in [0.15, 0.2) is 0 Å². The number of nitriles is 1. The fourth-order valence-electron chi connectivity index (χ4n) is 3.38. The molecule has 2 rings (SSSR count). The molecule has 0 spiro atoms. The highest BCUT2D eigenvalue weighted by Gasteiger charge is 2.40. The van der Waals surface area contributed by atoms with E-state index in [0.717, 1.165) is 25.7 Å². The fraction of sp³-hybridized carbons (Fsp3) is 0.857. The smallest absolute Gasteiger partial charge is 0.237 e. The largest absolute Gasteiger partial charge is 0.378 e. The molecule has 0 aromatic heterocycles. The number of ether oxygens (including phenoxy) is 1. The number of nitrogens with zero attached hydrogens (tertiary/aromatic N) is 2. The quantitative estimate of drug-likeness (QED) is 0.822. The van der Waals surface area contributed by atoms with Gasteiger partial charge < -0.3 is 10.5 Å². The molecule has 2 fully saturated rings. The zero-order chi connectivity index (χ0) is 13.8. The summed E-state index contributed by atoms with van der Waals surface area (Å²) >= 11 is 0. The standard InChI is InChI=1S/C14H23N3O2/c1-2-10-3-4-11(8-15)12(7-10)17-5-6-19-9-13(17)14(16)18/h10-13H,2-7,9H2,1H3,(H2,16,18). The third kappa shape index (κ3) is 3.07. The predicted molar refractivity (Wildman–Crippen MR) is 71.0 cm³/mol. The number of carbonyl (C=O) groups excluding carboxylic acids is 1. The van der Waals surface area contributed by atoms with E-state index in [9.17, 15) is 10.1 Å². The summed E-state index contributed by atoms with van der Waals surface area (Å²) < 4.78 is 5.36. The van der Waals surface area contributed by atoms with Gasteiger partial charge in [-0.25, -0.2) is 0 Å². The Balaban J connectivity index is 2.14. The number of rotatable bonds is 3.